The Kier molecular flexibility index (Phi) is 5.42. The standard InChI is InChI=1S/C26H25N3O2/c1-16-13-20(14-17(2)18(16)3)15-25(30)28-21-9-11-22(12-10-21)29-19(4)27-24-8-6-5-7-23(24)26(29)31/h5-14H,15H2,1-4H3,(H,28,30). The Bertz CT molecular complexity index is 1330. The van der Waals surface area contributed by atoms with Gasteiger partial charge in [0.1, 0.15) is 5.82 Å². The van der Waals surface area contributed by atoms with Crippen LogP contribution in [0.15, 0.2) is 65.5 Å². The van der Waals surface area contributed by atoms with Gasteiger partial charge in [0.2, 0.25) is 5.91 Å². The van der Waals surface area contributed by atoms with Crippen molar-refractivity contribution < 1.29 is 4.79 Å². The minimum Gasteiger partial charge on any atom is -0.326 e. The van der Waals surface area contributed by atoms with Crippen LogP contribution in [0.2, 0.25) is 0 Å². The highest BCUT2D eigenvalue weighted by Gasteiger charge is 2.11. The van der Waals surface area contributed by atoms with Crippen LogP contribution >= 0.6 is 0 Å². The number of anilines is 1. The van der Waals surface area contributed by atoms with Crippen LogP contribution in [-0.4, -0.2) is 15.5 Å². The number of amides is 1. The molecule has 3 aromatic carbocycles. The molecule has 0 fully saturated rings. The van der Waals surface area contributed by atoms with Crippen molar-refractivity contribution in [1.29, 1.82) is 0 Å². The van der Waals surface area contributed by atoms with Crippen molar-refractivity contribution in [1.82, 2.24) is 9.55 Å². The number of carbonyl (C=O) groups excluding carboxylic acids is 1. The number of hydrogen-bond acceptors (Lipinski definition) is 3. The third-order valence-electron chi connectivity index (χ3n) is 5.70. The predicted molar refractivity (Wildman–Crippen MR) is 125 cm³/mol. The summed E-state index contributed by atoms with van der Waals surface area (Å²) in [6.07, 6.45) is 0.316. The number of nitrogens with one attached hydrogen (secondary N) is 1. The molecule has 0 bridgehead atoms. The van der Waals surface area contributed by atoms with Crippen molar-refractivity contribution in [2.75, 3.05) is 5.32 Å². The molecule has 0 spiro atoms. The van der Waals surface area contributed by atoms with E-state index in [0.29, 0.717) is 34.5 Å². The molecular weight excluding hydrogens is 386 g/mol. The molecule has 31 heavy (non-hydrogen) atoms. The third-order valence-corrected chi connectivity index (χ3v) is 5.70. The van der Waals surface area contributed by atoms with Gasteiger partial charge in [0.25, 0.3) is 5.56 Å². The van der Waals surface area contributed by atoms with Crippen LogP contribution in [0.3, 0.4) is 0 Å². The summed E-state index contributed by atoms with van der Waals surface area (Å²) in [5.41, 5.74) is 6.62. The summed E-state index contributed by atoms with van der Waals surface area (Å²) >= 11 is 0. The van der Waals surface area contributed by atoms with Crippen LogP contribution in [0.1, 0.15) is 28.1 Å². The highest BCUT2D eigenvalue weighted by Crippen LogP contribution is 2.18. The van der Waals surface area contributed by atoms with Gasteiger partial charge in [0, 0.05) is 5.69 Å². The molecule has 1 aromatic heterocycles. The molecule has 0 saturated carbocycles. The Labute approximate surface area is 181 Å². The maximum absolute atomic E-state index is 12.9. The van der Waals surface area contributed by atoms with E-state index in [0.717, 1.165) is 5.56 Å². The van der Waals surface area contributed by atoms with Gasteiger partial charge in [-0.2, -0.15) is 0 Å². The third kappa shape index (κ3) is 4.12. The van der Waals surface area contributed by atoms with E-state index in [1.807, 2.05) is 37.3 Å². The lowest BCUT2D eigenvalue weighted by Gasteiger charge is -2.12. The topological polar surface area (TPSA) is 64.0 Å². The van der Waals surface area contributed by atoms with Crippen molar-refractivity contribution in [3.63, 3.8) is 0 Å². The molecule has 5 heteroatoms. The fourth-order valence-corrected chi connectivity index (χ4v) is 3.86. The van der Waals surface area contributed by atoms with E-state index in [1.165, 1.54) is 16.7 Å². The minimum absolute atomic E-state index is 0.0730. The zero-order valence-electron chi connectivity index (χ0n) is 18.2. The maximum atomic E-state index is 12.9. The van der Waals surface area contributed by atoms with Gasteiger partial charge in [-0.1, -0.05) is 24.3 Å². The number of rotatable bonds is 4. The molecule has 0 aliphatic rings. The second kappa shape index (κ2) is 8.19. The molecule has 1 amide bonds. The van der Waals surface area contributed by atoms with Crippen molar-refractivity contribution in [2.24, 2.45) is 0 Å². The summed E-state index contributed by atoms with van der Waals surface area (Å²) in [7, 11) is 0. The van der Waals surface area contributed by atoms with Crippen molar-refractivity contribution >= 4 is 22.5 Å². The quantitative estimate of drug-likeness (QED) is 0.525. The number of aryl methyl sites for hydroxylation is 3. The zero-order valence-corrected chi connectivity index (χ0v) is 18.2. The number of carbonyl (C=O) groups is 1. The molecule has 1 N–H and O–H groups in total. The Balaban J connectivity index is 1.55. The SMILES string of the molecule is Cc1cc(CC(=O)Nc2ccc(-n3c(C)nc4ccccc4c3=O)cc2)cc(C)c1C. The number of fused-ring (bicyclic) bond motifs is 1. The number of nitrogens with zero attached hydrogens (tertiary/aromatic N) is 2. The summed E-state index contributed by atoms with van der Waals surface area (Å²) in [6.45, 7) is 8.03. The Hall–Kier alpha value is -3.73. The molecule has 0 atom stereocenters. The molecule has 0 aliphatic carbocycles. The normalized spacial score (nSPS) is 11.0. The van der Waals surface area contributed by atoms with E-state index in [-0.39, 0.29) is 11.5 Å². The fraction of sp³-hybridized carbons (Fsp3) is 0.192. The van der Waals surface area contributed by atoms with Crippen LogP contribution < -0.4 is 10.9 Å². The highest BCUT2D eigenvalue weighted by molar-refractivity contribution is 5.92. The Morgan fingerprint density at radius 3 is 2.26 bits per heavy atom. The van der Waals surface area contributed by atoms with Gasteiger partial charge in [-0.15, -0.1) is 0 Å². The minimum atomic E-state index is -0.106. The first-order valence-electron chi connectivity index (χ1n) is 10.3. The lowest BCUT2D eigenvalue weighted by molar-refractivity contribution is -0.115. The Morgan fingerprint density at radius 1 is 0.935 bits per heavy atom. The van der Waals surface area contributed by atoms with E-state index >= 15 is 0 Å². The molecular formula is C26H25N3O2. The molecule has 4 aromatic rings. The van der Waals surface area contributed by atoms with Gasteiger partial charge in [-0.3, -0.25) is 14.2 Å². The second-order valence-electron chi connectivity index (χ2n) is 7.94. The van der Waals surface area contributed by atoms with Crippen LogP contribution in [-0.2, 0) is 11.2 Å². The summed E-state index contributed by atoms with van der Waals surface area (Å²) in [6, 6.07) is 18.7. The van der Waals surface area contributed by atoms with E-state index in [4.69, 9.17) is 0 Å². The van der Waals surface area contributed by atoms with Gasteiger partial charge in [0.15, 0.2) is 0 Å². The largest absolute Gasteiger partial charge is 0.326 e. The zero-order chi connectivity index (χ0) is 22.1. The van der Waals surface area contributed by atoms with Gasteiger partial charge < -0.3 is 5.32 Å². The predicted octanol–water partition coefficient (Wildman–Crippen LogP) is 4.80. The lowest BCUT2D eigenvalue weighted by atomic mass is 9.99. The number of para-hydroxylation sites is 1. The lowest BCUT2D eigenvalue weighted by Crippen LogP contribution is -2.22. The van der Waals surface area contributed by atoms with Gasteiger partial charge >= 0.3 is 0 Å². The molecule has 4 rings (SSSR count). The molecule has 5 nitrogen and oxygen atoms in total. The molecule has 0 aliphatic heterocycles. The van der Waals surface area contributed by atoms with Gasteiger partial charge in [0.05, 0.1) is 23.0 Å². The average Bonchev–Trinajstić information content (AvgIpc) is 2.73. The molecule has 0 radical (unpaired) electrons. The van der Waals surface area contributed by atoms with Gasteiger partial charge in [-0.25, -0.2) is 4.98 Å². The van der Waals surface area contributed by atoms with E-state index < -0.39 is 0 Å². The van der Waals surface area contributed by atoms with Crippen LogP contribution in [0.5, 0.6) is 0 Å². The Morgan fingerprint density at radius 2 is 1.58 bits per heavy atom. The summed E-state index contributed by atoms with van der Waals surface area (Å²) in [5, 5.41) is 3.52. The second-order valence-corrected chi connectivity index (χ2v) is 7.94. The smallest absolute Gasteiger partial charge is 0.265 e. The first-order valence-corrected chi connectivity index (χ1v) is 10.3. The first kappa shape index (κ1) is 20.5. The first-order chi connectivity index (χ1) is 14.8. The van der Waals surface area contributed by atoms with E-state index in [2.05, 4.69) is 43.2 Å². The van der Waals surface area contributed by atoms with Crippen molar-refractivity contribution in [2.45, 2.75) is 34.1 Å². The average molecular weight is 412 g/mol. The monoisotopic (exact) mass is 411 g/mol. The number of benzene rings is 3. The maximum Gasteiger partial charge on any atom is 0.265 e. The van der Waals surface area contributed by atoms with E-state index in [9.17, 15) is 9.59 Å². The molecule has 0 unspecified atom stereocenters. The highest BCUT2D eigenvalue weighted by atomic mass is 16.1. The molecule has 1 heterocycles. The van der Waals surface area contributed by atoms with Crippen molar-refractivity contribution in [3.05, 3.63) is 99.1 Å². The van der Waals surface area contributed by atoms with Crippen LogP contribution in [0.4, 0.5) is 5.69 Å². The summed E-state index contributed by atoms with van der Waals surface area (Å²) in [5.74, 6) is 0.543. The summed E-state index contributed by atoms with van der Waals surface area (Å²) < 4.78 is 1.59. The van der Waals surface area contributed by atoms with Gasteiger partial charge in [-0.05, 0) is 86.3 Å². The van der Waals surface area contributed by atoms with Crippen LogP contribution in [0, 0.1) is 27.7 Å². The van der Waals surface area contributed by atoms with Crippen LogP contribution in [0.25, 0.3) is 16.6 Å². The van der Waals surface area contributed by atoms with Crippen molar-refractivity contribution in [3.8, 4) is 5.69 Å². The molecule has 0 saturated heterocycles. The number of aromatic nitrogens is 2. The molecule has 156 valence electrons. The van der Waals surface area contributed by atoms with E-state index in [1.54, 1.807) is 22.8 Å². The fourth-order valence-electron chi connectivity index (χ4n) is 3.86. The number of hydrogen-bond donors (Lipinski definition) is 1. The summed E-state index contributed by atoms with van der Waals surface area (Å²) in [4.78, 5) is 30.0.